The summed E-state index contributed by atoms with van der Waals surface area (Å²) in [5, 5.41) is 20.0. The minimum atomic E-state index is -0.517. The van der Waals surface area contributed by atoms with Gasteiger partial charge in [0.25, 0.3) is 5.91 Å². The Hall–Kier alpha value is -1.50. The molecule has 0 aromatic heterocycles. The number of aliphatic hydroxyl groups excluding tert-OH is 1. The molecule has 0 unspecified atom stereocenters. The Bertz CT molecular complexity index is 257. The fourth-order valence-electron chi connectivity index (χ4n) is 0.681. The van der Waals surface area contributed by atoms with E-state index in [4.69, 9.17) is 10.4 Å². The lowest BCUT2D eigenvalue weighted by Crippen LogP contribution is -2.28. The van der Waals surface area contributed by atoms with Crippen molar-refractivity contribution in [2.24, 2.45) is 5.92 Å². The molecule has 2 N–H and O–H groups in total. The van der Waals surface area contributed by atoms with Crippen LogP contribution in [-0.2, 0) is 4.79 Å². The fourth-order valence-corrected chi connectivity index (χ4v) is 0.681. The number of hydrogen-bond donors (Lipinski definition) is 2. The normalized spacial score (nSPS) is 11.9. The largest absolute Gasteiger partial charge is 0.511 e. The molecule has 4 heteroatoms. The van der Waals surface area contributed by atoms with Gasteiger partial charge >= 0.3 is 0 Å². The molecule has 0 radical (unpaired) electrons. The van der Waals surface area contributed by atoms with E-state index in [2.05, 4.69) is 5.32 Å². The van der Waals surface area contributed by atoms with E-state index in [1.54, 1.807) is 6.07 Å². The second-order valence-electron chi connectivity index (χ2n) is 3.18. The third-order valence-corrected chi connectivity index (χ3v) is 1.37. The summed E-state index contributed by atoms with van der Waals surface area (Å²) in [6.07, 6.45) is 0. The predicted molar refractivity (Wildman–Crippen MR) is 48.8 cm³/mol. The highest BCUT2D eigenvalue weighted by Gasteiger charge is 2.11. The highest BCUT2D eigenvalue weighted by molar-refractivity contribution is 5.97. The smallest absolute Gasteiger partial charge is 0.265 e. The Kier molecular flexibility index (Phi) is 4.60. The number of nitrogens with zero attached hydrogens (tertiary/aromatic N) is 1. The van der Waals surface area contributed by atoms with E-state index >= 15 is 0 Å². The summed E-state index contributed by atoms with van der Waals surface area (Å²) >= 11 is 0. The van der Waals surface area contributed by atoms with Crippen LogP contribution in [0.2, 0.25) is 0 Å². The number of nitrogens with one attached hydrogen (secondary N) is 1. The van der Waals surface area contributed by atoms with Crippen molar-refractivity contribution in [1.29, 1.82) is 5.26 Å². The lowest BCUT2D eigenvalue weighted by molar-refractivity contribution is -0.117. The molecule has 0 saturated heterocycles. The summed E-state index contributed by atoms with van der Waals surface area (Å²) in [7, 11) is 0. The molecule has 0 saturated carbocycles. The van der Waals surface area contributed by atoms with Gasteiger partial charge in [0, 0.05) is 6.54 Å². The number of carbonyl (C=O) groups is 1. The second-order valence-corrected chi connectivity index (χ2v) is 3.18. The van der Waals surface area contributed by atoms with Crippen LogP contribution in [0.1, 0.15) is 20.8 Å². The van der Waals surface area contributed by atoms with Gasteiger partial charge < -0.3 is 10.4 Å². The highest BCUT2D eigenvalue weighted by Crippen LogP contribution is 1.99. The summed E-state index contributed by atoms with van der Waals surface area (Å²) < 4.78 is 0. The SMILES string of the molecule is CC(O)=C(C#N)C(=O)NCC(C)C. The maximum atomic E-state index is 11.2. The molecular formula is C9H14N2O2. The summed E-state index contributed by atoms with van der Waals surface area (Å²) in [5.41, 5.74) is -0.222. The number of allylic oxidation sites excluding steroid dienone is 1. The Morgan fingerprint density at radius 2 is 2.15 bits per heavy atom. The van der Waals surface area contributed by atoms with Crippen LogP contribution in [-0.4, -0.2) is 17.6 Å². The monoisotopic (exact) mass is 182 g/mol. The van der Waals surface area contributed by atoms with Crippen molar-refractivity contribution < 1.29 is 9.90 Å². The average molecular weight is 182 g/mol. The van der Waals surface area contributed by atoms with Crippen molar-refractivity contribution in [2.75, 3.05) is 6.54 Å². The summed E-state index contributed by atoms with van der Waals surface area (Å²) in [6.45, 7) is 5.70. The van der Waals surface area contributed by atoms with E-state index in [1.165, 1.54) is 6.92 Å². The Balaban J connectivity index is 4.28. The Morgan fingerprint density at radius 1 is 1.62 bits per heavy atom. The van der Waals surface area contributed by atoms with Gasteiger partial charge in [0.15, 0.2) is 5.57 Å². The van der Waals surface area contributed by atoms with E-state index < -0.39 is 5.91 Å². The maximum Gasteiger partial charge on any atom is 0.265 e. The van der Waals surface area contributed by atoms with Crippen LogP contribution in [0.5, 0.6) is 0 Å². The lowest BCUT2D eigenvalue weighted by atomic mass is 10.2. The first-order valence-corrected chi connectivity index (χ1v) is 4.07. The number of carbonyl (C=O) groups excluding carboxylic acids is 1. The van der Waals surface area contributed by atoms with Gasteiger partial charge in [0.05, 0.1) is 0 Å². The third kappa shape index (κ3) is 4.16. The molecular weight excluding hydrogens is 168 g/mol. The van der Waals surface area contributed by atoms with Crippen LogP contribution in [0.25, 0.3) is 0 Å². The molecule has 0 atom stereocenters. The van der Waals surface area contributed by atoms with Gasteiger partial charge in [-0.3, -0.25) is 4.79 Å². The fraction of sp³-hybridized carbons (Fsp3) is 0.556. The van der Waals surface area contributed by atoms with E-state index in [1.807, 2.05) is 13.8 Å². The maximum absolute atomic E-state index is 11.2. The van der Waals surface area contributed by atoms with Crippen LogP contribution < -0.4 is 5.32 Å². The van der Waals surface area contributed by atoms with Gasteiger partial charge in [-0.1, -0.05) is 13.8 Å². The van der Waals surface area contributed by atoms with Crippen LogP contribution in [0, 0.1) is 17.2 Å². The zero-order valence-electron chi connectivity index (χ0n) is 8.09. The molecule has 0 spiro atoms. The van der Waals surface area contributed by atoms with Crippen molar-refractivity contribution in [3.8, 4) is 6.07 Å². The zero-order chi connectivity index (χ0) is 10.4. The standard InChI is InChI=1S/C9H14N2O2/c1-6(2)5-11-9(13)8(4-10)7(3)12/h6,12H,5H2,1-3H3,(H,11,13). The number of hydrogen-bond acceptors (Lipinski definition) is 3. The Morgan fingerprint density at radius 3 is 2.46 bits per heavy atom. The summed E-state index contributed by atoms with van der Waals surface area (Å²) in [6, 6.07) is 1.64. The second kappa shape index (κ2) is 5.20. The minimum Gasteiger partial charge on any atom is -0.511 e. The van der Waals surface area contributed by atoms with Gasteiger partial charge in [-0.05, 0) is 12.8 Å². The first-order chi connectivity index (χ1) is 5.99. The van der Waals surface area contributed by atoms with Crippen molar-refractivity contribution in [1.82, 2.24) is 5.32 Å². The molecule has 13 heavy (non-hydrogen) atoms. The Labute approximate surface area is 77.9 Å². The minimum absolute atomic E-state index is 0.222. The number of aliphatic hydroxyl groups is 1. The lowest BCUT2D eigenvalue weighted by Gasteiger charge is -2.06. The molecule has 4 nitrogen and oxygen atoms in total. The topological polar surface area (TPSA) is 73.1 Å². The number of amides is 1. The van der Waals surface area contributed by atoms with Crippen LogP contribution in [0.3, 0.4) is 0 Å². The zero-order valence-corrected chi connectivity index (χ0v) is 8.09. The summed E-state index contributed by atoms with van der Waals surface area (Å²) in [5.74, 6) is -0.442. The first-order valence-electron chi connectivity index (χ1n) is 4.07. The molecule has 0 aliphatic carbocycles. The average Bonchev–Trinajstić information content (AvgIpc) is 2.01. The molecule has 0 fully saturated rings. The molecule has 0 aromatic carbocycles. The molecule has 0 heterocycles. The highest BCUT2D eigenvalue weighted by atomic mass is 16.3. The number of nitriles is 1. The van der Waals surface area contributed by atoms with Gasteiger partial charge in [0.1, 0.15) is 11.8 Å². The van der Waals surface area contributed by atoms with E-state index in [9.17, 15) is 4.79 Å². The number of rotatable bonds is 3. The van der Waals surface area contributed by atoms with Gasteiger partial charge in [-0.15, -0.1) is 0 Å². The van der Waals surface area contributed by atoms with Crippen molar-refractivity contribution >= 4 is 5.91 Å². The molecule has 0 aliphatic rings. The van der Waals surface area contributed by atoms with Gasteiger partial charge in [-0.25, -0.2) is 0 Å². The molecule has 0 aliphatic heterocycles. The van der Waals surface area contributed by atoms with Crippen LogP contribution in [0.4, 0.5) is 0 Å². The van der Waals surface area contributed by atoms with Gasteiger partial charge in [-0.2, -0.15) is 5.26 Å². The molecule has 1 amide bonds. The quantitative estimate of drug-likeness (QED) is 0.390. The molecule has 0 bridgehead atoms. The van der Waals surface area contributed by atoms with E-state index in [0.717, 1.165) is 0 Å². The predicted octanol–water partition coefficient (Wildman–Crippen LogP) is 1.11. The van der Waals surface area contributed by atoms with Gasteiger partial charge in [0.2, 0.25) is 0 Å². The third-order valence-electron chi connectivity index (χ3n) is 1.37. The van der Waals surface area contributed by atoms with E-state index in [0.29, 0.717) is 12.5 Å². The molecule has 0 rings (SSSR count). The van der Waals surface area contributed by atoms with Crippen LogP contribution >= 0.6 is 0 Å². The molecule has 0 aromatic rings. The molecule has 72 valence electrons. The van der Waals surface area contributed by atoms with Crippen molar-refractivity contribution in [3.05, 3.63) is 11.3 Å². The van der Waals surface area contributed by atoms with Crippen molar-refractivity contribution in [2.45, 2.75) is 20.8 Å². The van der Waals surface area contributed by atoms with E-state index in [-0.39, 0.29) is 11.3 Å². The summed E-state index contributed by atoms with van der Waals surface area (Å²) in [4.78, 5) is 11.2. The van der Waals surface area contributed by atoms with Crippen molar-refractivity contribution in [3.63, 3.8) is 0 Å². The first kappa shape index (κ1) is 11.5. The van der Waals surface area contributed by atoms with Crippen LogP contribution in [0.15, 0.2) is 11.3 Å².